The molecule has 0 spiro atoms. The van der Waals surface area contributed by atoms with Crippen LogP contribution in [0.1, 0.15) is 137 Å². The second-order valence-electron chi connectivity index (χ2n) is 10.7. The van der Waals surface area contributed by atoms with Crippen molar-refractivity contribution in [2.45, 2.75) is 155 Å². The van der Waals surface area contributed by atoms with Gasteiger partial charge in [0.1, 0.15) is 5.60 Å². The molecule has 0 aromatic heterocycles. The first-order valence-electron chi connectivity index (χ1n) is 13.1. The molecule has 1 saturated heterocycles. The fraction of sp³-hybridized carbons (Fsp3) is 0.889. The topological polar surface area (TPSA) is 29.5 Å². The van der Waals surface area contributed by atoms with Crippen LogP contribution in [0.25, 0.3) is 0 Å². The monoisotopic (exact) mass is 419 g/mol. The summed E-state index contributed by atoms with van der Waals surface area (Å²) in [6.07, 6.45) is 25.1. The largest absolute Gasteiger partial charge is 0.444 e. The molecule has 2 heterocycles. The lowest BCUT2D eigenvalue weighted by Crippen LogP contribution is -2.45. The number of nitrogens with zero attached hydrogens (tertiary/aromatic N) is 1. The second-order valence-corrected chi connectivity index (χ2v) is 10.7. The van der Waals surface area contributed by atoms with E-state index in [1.165, 1.54) is 89.9 Å². The Morgan fingerprint density at radius 3 is 1.93 bits per heavy atom. The molecule has 0 aromatic rings. The standard InChI is InChI=1S/C27H49NO2/c1-5-6-7-8-9-10-11-12-13-14-15-16-17-18-23-21-24-19-20-25(22-23)28(24)26(29)30-27(2,3)4/h21,24-25H,5-20,22H2,1-4H3. The van der Waals surface area contributed by atoms with Gasteiger partial charge in [-0.15, -0.1) is 0 Å². The van der Waals surface area contributed by atoms with Gasteiger partial charge in [-0.05, 0) is 52.9 Å². The summed E-state index contributed by atoms with van der Waals surface area (Å²) < 4.78 is 5.63. The van der Waals surface area contributed by atoms with Gasteiger partial charge in [0.05, 0.1) is 6.04 Å². The molecule has 2 bridgehead atoms. The third-order valence-corrected chi connectivity index (χ3v) is 6.68. The summed E-state index contributed by atoms with van der Waals surface area (Å²) in [5, 5.41) is 0. The number of amides is 1. The Hall–Kier alpha value is -0.990. The van der Waals surface area contributed by atoms with Crippen molar-refractivity contribution in [3.63, 3.8) is 0 Å². The van der Waals surface area contributed by atoms with Gasteiger partial charge in [-0.25, -0.2) is 4.79 Å². The average Bonchev–Trinajstić information content (AvgIpc) is 2.95. The van der Waals surface area contributed by atoms with Crippen LogP contribution < -0.4 is 0 Å². The summed E-state index contributed by atoms with van der Waals surface area (Å²) >= 11 is 0. The number of ether oxygens (including phenoxy) is 1. The third-order valence-electron chi connectivity index (χ3n) is 6.68. The number of rotatable bonds is 14. The molecule has 0 saturated carbocycles. The van der Waals surface area contributed by atoms with Gasteiger partial charge in [-0.3, -0.25) is 4.90 Å². The van der Waals surface area contributed by atoms with Crippen molar-refractivity contribution < 1.29 is 9.53 Å². The Bertz CT molecular complexity index is 519. The van der Waals surface area contributed by atoms with Gasteiger partial charge in [-0.2, -0.15) is 0 Å². The van der Waals surface area contributed by atoms with Crippen LogP contribution in [0.5, 0.6) is 0 Å². The van der Waals surface area contributed by atoms with E-state index in [1.54, 1.807) is 5.57 Å². The van der Waals surface area contributed by atoms with Gasteiger partial charge in [0.15, 0.2) is 0 Å². The van der Waals surface area contributed by atoms with E-state index in [-0.39, 0.29) is 12.1 Å². The maximum Gasteiger partial charge on any atom is 0.411 e. The predicted octanol–water partition coefficient (Wildman–Crippen LogP) is 8.57. The van der Waals surface area contributed by atoms with Crippen LogP contribution >= 0.6 is 0 Å². The highest BCUT2D eigenvalue weighted by Crippen LogP contribution is 2.37. The zero-order valence-corrected chi connectivity index (χ0v) is 20.5. The Kier molecular flexibility index (Phi) is 11.3. The van der Waals surface area contributed by atoms with Gasteiger partial charge in [-0.1, -0.05) is 95.6 Å². The summed E-state index contributed by atoms with van der Waals surface area (Å²) in [5.41, 5.74) is 1.18. The maximum atomic E-state index is 12.5. The van der Waals surface area contributed by atoms with Crippen LogP contribution in [0, 0.1) is 0 Å². The molecule has 1 fully saturated rings. The lowest BCUT2D eigenvalue weighted by molar-refractivity contribution is 0.0166. The summed E-state index contributed by atoms with van der Waals surface area (Å²) in [7, 11) is 0. The minimum Gasteiger partial charge on any atom is -0.444 e. The second kappa shape index (κ2) is 13.4. The van der Waals surface area contributed by atoms with Crippen molar-refractivity contribution in [2.24, 2.45) is 0 Å². The van der Waals surface area contributed by atoms with E-state index in [1.807, 2.05) is 25.7 Å². The third kappa shape index (κ3) is 9.43. The lowest BCUT2D eigenvalue weighted by Gasteiger charge is -2.35. The molecule has 174 valence electrons. The first-order chi connectivity index (χ1) is 14.4. The average molecular weight is 420 g/mol. The van der Waals surface area contributed by atoms with E-state index in [0.29, 0.717) is 6.04 Å². The number of carbonyl (C=O) groups excluding carboxylic acids is 1. The highest BCUT2D eigenvalue weighted by atomic mass is 16.6. The molecule has 2 rings (SSSR count). The summed E-state index contributed by atoms with van der Waals surface area (Å²) in [4.78, 5) is 14.6. The Morgan fingerprint density at radius 2 is 1.43 bits per heavy atom. The molecule has 0 N–H and O–H groups in total. The zero-order valence-electron chi connectivity index (χ0n) is 20.5. The fourth-order valence-corrected chi connectivity index (χ4v) is 5.07. The number of carbonyl (C=O) groups is 1. The zero-order chi connectivity index (χ0) is 21.8. The maximum absolute atomic E-state index is 12.5. The number of fused-ring (bicyclic) bond motifs is 2. The number of unbranched alkanes of at least 4 members (excludes halogenated alkanes) is 12. The Balaban J connectivity index is 1.51. The Morgan fingerprint density at radius 1 is 0.900 bits per heavy atom. The number of hydrogen-bond acceptors (Lipinski definition) is 2. The molecule has 2 aliphatic rings. The molecule has 3 nitrogen and oxygen atoms in total. The summed E-state index contributed by atoms with van der Waals surface area (Å²) in [5.74, 6) is 0. The number of hydrogen-bond donors (Lipinski definition) is 0. The molecule has 2 aliphatic heterocycles. The van der Waals surface area contributed by atoms with Crippen molar-refractivity contribution in [1.29, 1.82) is 0 Å². The molecule has 1 amide bonds. The minimum absolute atomic E-state index is 0.119. The smallest absolute Gasteiger partial charge is 0.411 e. The molecular weight excluding hydrogens is 370 g/mol. The molecular formula is C27H49NO2. The van der Waals surface area contributed by atoms with E-state index >= 15 is 0 Å². The van der Waals surface area contributed by atoms with E-state index in [0.717, 1.165) is 19.3 Å². The Labute approximate surface area is 187 Å². The van der Waals surface area contributed by atoms with Crippen molar-refractivity contribution in [1.82, 2.24) is 4.90 Å². The van der Waals surface area contributed by atoms with Crippen LogP contribution in [-0.2, 0) is 4.74 Å². The quantitative estimate of drug-likeness (QED) is 0.208. The minimum atomic E-state index is -0.408. The SMILES string of the molecule is CCCCCCCCCCCCCCCC1=CC2CCC(C1)N2C(=O)OC(C)(C)C. The molecule has 0 aliphatic carbocycles. The van der Waals surface area contributed by atoms with E-state index in [4.69, 9.17) is 4.74 Å². The van der Waals surface area contributed by atoms with Crippen molar-refractivity contribution in [3.8, 4) is 0 Å². The van der Waals surface area contributed by atoms with Crippen LogP contribution in [0.4, 0.5) is 4.79 Å². The van der Waals surface area contributed by atoms with Crippen molar-refractivity contribution >= 4 is 6.09 Å². The van der Waals surface area contributed by atoms with Gasteiger partial charge < -0.3 is 4.74 Å². The van der Waals surface area contributed by atoms with Gasteiger partial charge in [0.2, 0.25) is 0 Å². The first kappa shape index (κ1) is 25.3. The van der Waals surface area contributed by atoms with Crippen molar-refractivity contribution in [2.75, 3.05) is 0 Å². The molecule has 0 aromatic carbocycles. The van der Waals surface area contributed by atoms with Crippen molar-refractivity contribution in [3.05, 3.63) is 11.6 Å². The highest BCUT2D eigenvalue weighted by molar-refractivity contribution is 5.70. The van der Waals surface area contributed by atoms with E-state index in [9.17, 15) is 4.79 Å². The predicted molar refractivity (Wildman–Crippen MR) is 128 cm³/mol. The molecule has 3 heteroatoms. The highest BCUT2D eigenvalue weighted by Gasteiger charge is 2.41. The van der Waals surface area contributed by atoms with Gasteiger partial charge >= 0.3 is 6.09 Å². The molecule has 30 heavy (non-hydrogen) atoms. The molecule has 0 radical (unpaired) electrons. The summed E-state index contributed by atoms with van der Waals surface area (Å²) in [6, 6.07) is 0.641. The van der Waals surface area contributed by atoms with Crippen LogP contribution in [-0.4, -0.2) is 28.7 Å². The first-order valence-corrected chi connectivity index (χ1v) is 13.1. The van der Waals surface area contributed by atoms with Crippen LogP contribution in [0.15, 0.2) is 11.6 Å². The van der Waals surface area contributed by atoms with Gasteiger partial charge in [0.25, 0.3) is 0 Å². The lowest BCUT2D eigenvalue weighted by atomic mass is 9.96. The van der Waals surface area contributed by atoms with E-state index in [2.05, 4.69) is 13.0 Å². The van der Waals surface area contributed by atoms with Gasteiger partial charge in [0, 0.05) is 6.04 Å². The fourth-order valence-electron chi connectivity index (χ4n) is 5.07. The molecule has 2 atom stereocenters. The van der Waals surface area contributed by atoms with E-state index < -0.39 is 5.60 Å². The summed E-state index contributed by atoms with van der Waals surface area (Å²) in [6.45, 7) is 8.14. The van der Waals surface area contributed by atoms with Crippen LogP contribution in [0.3, 0.4) is 0 Å². The normalized spacial score (nSPS) is 21.1. The van der Waals surface area contributed by atoms with Crippen LogP contribution in [0.2, 0.25) is 0 Å². The molecule has 2 unspecified atom stereocenters.